The van der Waals surface area contributed by atoms with Crippen molar-refractivity contribution in [3.63, 3.8) is 0 Å². The van der Waals surface area contributed by atoms with Crippen LogP contribution >= 0.6 is 0 Å². The molecule has 0 bridgehead atoms. The summed E-state index contributed by atoms with van der Waals surface area (Å²) < 4.78 is 0. The Morgan fingerprint density at radius 1 is 1.12 bits per heavy atom. The van der Waals surface area contributed by atoms with Gasteiger partial charge < -0.3 is 10.2 Å². The van der Waals surface area contributed by atoms with Crippen LogP contribution in [-0.4, -0.2) is 22.8 Å². The highest BCUT2D eigenvalue weighted by molar-refractivity contribution is 6.01. The van der Waals surface area contributed by atoms with E-state index in [0.29, 0.717) is 18.7 Å². The molecule has 0 aromatic heterocycles. The first-order valence-corrected chi connectivity index (χ1v) is 8.69. The molecule has 130 valence electrons. The van der Waals surface area contributed by atoms with Crippen LogP contribution in [0, 0.1) is 12.8 Å². The number of rotatable bonds is 5. The lowest BCUT2D eigenvalue weighted by molar-refractivity contribution is -0.127. The first kappa shape index (κ1) is 17.2. The molecule has 2 amide bonds. The predicted octanol–water partition coefficient (Wildman–Crippen LogP) is 3.29. The minimum absolute atomic E-state index is 0.0382. The van der Waals surface area contributed by atoms with Crippen molar-refractivity contribution in [3.05, 3.63) is 70.8 Å². The molecule has 2 aromatic carbocycles. The number of hydrogen-bond acceptors (Lipinski definition) is 2. The molecule has 4 heteroatoms. The van der Waals surface area contributed by atoms with Crippen LogP contribution in [0.1, 0.15) is 40.9 Å². The number of amides is 2. The number of hydrogen-bond donors (Lipinski definition) is 1. The average molecular weight is 336 g/mol. The summed E-state index contributed by atoms with van der Waals surface area (Å²) in [7, 11) is 0. The molecular weight excluding hydrogens is 312 g/mol. The lowest BCUT2D eigenvalue weighted by Crippen LogP contribution is -2.49. The molecule has 0 fully saturated rings. The first-order valence-electron chi connectivity index (χ1n) is 8.69. The number of carbonyl (C=O) groups excluding carboxylic acids is 2. The van der Waals surface area contributed by atoms with Crippen LogP contribution < -0.4 is 5.32 Å². The maximum absolute atomic E-state index is 12.8. The molecule has 0 radical (unpaired) electrons. The van der Waals surface area contributed by atoms with Crippen LogP contribution in [0.4, 0.5) is 0 Å². The van der Waals surface area contributed by atoms with E-state index in [1.54, 1.807) is 4.90 Å². The Kier molecular flexibility index (Phi) is 4.88. The van der Waals surface area contributed by atoms with Crippen LogP contribution in [0.25, 0.3) is 0 Å². The standard InChI is InChI=1S/C21H24N2O2/c1-14(2)19(20(24)22-12-16-10-8-15(3)9-11-16)23-13-17-6-4-5-7-18(17)21(23)25/h4-11,14,19H,12-13H2,1-3H3,(H,22,24)/t19-/m0/s1. The lowest BCUT2D eigenvalue weighted by atomic mass is 10.0. The summed E-state index contributed by atoms with van der Waals surface area (Å²) in [6, 6.07) is 15.2. The number of aryl methyl sites for hydroxylation is 1. The van der Waals surface area contributed by atoms with Crippen LogP contribution in [0.2, 0.25) is 0 Å². The van der Waals surface area contributed by atoms with E-state index in [4.69, 9.17) is 0 Å². The van der Waals surface area contributed by atoms with Crippen molar-refractivity contribution in [1.29, 1.82) is 0 Å². The van der Waals surface area contributed by atoms with E-state index in [2.05, 4.69) is 5.32 Å². The van der Waals surface area contributed by atoms with Gasteiger partial charge in [-0.25, -0.2) is 0 Å². The van der Waals surface area contributed by atoms with E-state index in [9.17, 15) is 9.59 Å². The number of carbonyl (C=O) groups is 2. The lowest BCUT2D eigenvalue weighted by Gasteiger charge is -2.30. The summed E-state index contributed by atoms with van der Waals surface area (Å²) in [6.45, 7) is 6.96. The third-order valence-electron chi connectivity index (χ3n) is 4.67. The van der Waals surface area contributed by atoms with Crippen molar-refractivity contribution in [1.82, 2.24) is 10.2 Å². The topological polar surface area (TPSA) is 49.4 Å². The molecule has 1 atom stereocenters. The van der Waals surface area contributed by atoms with Crippen LogP contribution in [0.3, 0.4) is 0 Å². The Balaban J connectivity index is 1.72. The molecule has 25 heavy (non-hydrogen) atoms. The highest BCUT2D eigenvalue weighted by atomic mass is 16.2. The summed E-state index contributed by atoms with van der Waals surface area (Å²) >= 11 is 0. The van der Waals surface area contributed by atoms with Gasteiger partial charge in [0, 0.05) is 18.7 Å². The molecule has 2 aromatic rings. The van der Waals surface area contributed by atoms with E-state index in [-0.39, 0.29) is 17.7 Å². The minimum atomic E-state index is -0.467. The number of nitrogens with zero attached hydrogens (tertiary/aromatic N) is 1. The van der Waals surface area contributed by atoms with Gasteiger partial charge in [0.1, 0.15) is 6.04 Å². The highest BCUT2D eigenvalue weighted by Gasteiger charge is 2.37. The van der Waals surface area contributed by atoms with Gasteiger partial charge in [-0.3, -0.25) is 9.59 Å². The summed E-state index contributed by atoms with van der Waals surface area (Å²) in [5.74, 6) is -0.118. The molecule has 0 spiro atoms. The minimum Gasteiger partial charge on any atom is -0.350 e. The maximum atomic E-state index is 12.8. The van der Waals surface area contributed by atoms with E-state index in [0.717, 1.165) is 11.1 Å². The van der Waals surface area contributed by atoms with E-state index < -0.39 is 6.04 Å². The Labute approximate surface area is 148 Å². The second kappa shape index (κ2) is 7.09. The first-order chi connectivity index (χ1) is 12.0. The predicted molar refractivity (Wildman–Crippen MR) is 98.0 cm³/mol. The van der Waals surface area contributed by atoms with Crippen LogP contribution in [0.15, 0.2) is 48.5 Å². The van der Waals surface area contributed by atoms with Crippen molar-refractivity contribution in [2.45, 2.75) is 39.9 Å². The smallest absolute Gasteiger partial charge is 0.255 e. The van der Waals surface area contributed by atoms with Gasteiger partial charge in [-0.05, 0) is 30.0 Å². The third kappa shape index (κ3) is 3.58. The molecule has 1 N–H and O–H groups in total. The molecule has 0 saturated heterocycles. The summed E-state index contributed by atoms with van der Waals surface area (Å²) in [5, 5.41) is 2.99. The monoisotopic (exact) mass is 336 g/mol. The second-order valence-corrected chi connectivity index (χ2v) is 6.98. The summed E-state index contributed by atoms with van der Waals surface area (Å²) in [6.07, 6.45) is 0. The zero-order chi connectivity index (χ0) is 18.0. The van der Waals surface area contributed by atoms with Crippen molar-refractivity contribution in [3.8, 4) is 0 Å². The SMILES string of the molecule is Cc1ccc(CNC(=O)[C@H](C(C)C)N2Cc3ccccc3C2=O)cc1. The molecule has 1 heterocycles. The van der Waals surface area contributed by atoms with E-state index >= 15 is 0 Å². The number of fused-ring (bicyclic) bond motifs is 1. The largest absolute Gasteiger partial charge is 0.350 e. The zero-order valence-corrected chi connectivity index (χ0v) is 15.0. The average Bonchev–Trinajstić information content (AvgIpc) is 2.91. The molecule has 0 unspecified atom stereocenters. The fourth-order valence-corrected chi connectivity index (χ4v) is 3.31. The third-order valence-corrected chi connectivity index (χ3v) is 4.67. The van der Waals surface area contributed by atoms with Gasteiger partial charge in [0.2, 0.25) is 5.91 Å². The summed E-state index contributed by atoms with van der Waals surface area (Å²) in [5.41, 5.74) is 3.94. The van der Waals surface area contributed by atoms with Gasteiger partial charge in [0.05, 0.1) is 0 Å². The summed E-state index contributed by atoms with van der Waals surface area (Å²) in [4.78, 5) is 27.2. The van der Waals surface area contributed by atoms with Crippen molar-refractivity contribution >= 4 is 11.8 Å². The molecule has 1 aliphatic rings. The second-order valence-electron chi connectivity index (χ2n) is 6.98. The molecule has 1 aliphatic heterocycles. The van der Waals surface area contributed by atoms with Gasteiger partial charge in [-0.1, -0.05) is 61.9 Å². The van der Waals surface area contributed by atoms with Crippen LogP contribution in [0.5, 0.6) is 0 Å². The zero-order valence-electron chi connectivity index (χ0n) is 15.0. The Morgan fingerprint density at radius 3 is 2.44 bits per heavy atom. The van der Waals surface area contributed by atoms with Gasteiger partial charge in [0.15, 0.2) is 0 Å². The normalized spacial score (nSPS) is 14.6. The number of nitrogens with one attached hydrogen (secondary N) is 1. The Bertz CT molecular complexity index is 781. The Hall–Kier alpha value is -2.62. The Morgan fingerprint density at radius 2 is 1.80 bits per heavy atom. The van der Waals surface area contributed by atoms with Crippen molar-refractivity contribution in [2.75, 3.05) is 0 Å². The molecule has 3 rings (SSSR count). The highest BCUT2D eigenvalue weighted by Crippen LogP contribution is 2.27. The van der Waals surface area contributed by atoms with Gasteiger partial charge in [0.25, 0.3) is 5.91 Å². The van der Waals surface area contributed by atoms with E-state index in [1.165, 1.54) is 5.56 Å². The van der Waals surface area contributed by atoms with Gasteiger partial charge in [-0.2, -0.15) is 0 Å². The van der Waals surface area contributed by atoms with Crippen molar-refractivity contribution in [2.24, 2.45) is 5.92 Å². The number of benzene rings is 2. The van der Waals surface area contributed by atoms with Gasteiger partial charge >= 0.3 is 0 Å². The van der Waals surface area contributed by atoms with Gasteiger partial charge in [-0.15, -0.1) is 0 Å². The van der Waals surface area contributed by atoms with E-state index in [1.807, 2.05) is 69.3 Å². The molecule has 0 saturated carbocycles. The fraction of sp³-hybridized carbons (Fsp3) is 0.333. The molecular formula is C21H24N2O2. The molecule has 0 aliphatic carbocycles. The molecule has 4 nitrogen and oxygen atoms in total. The van der Waals surface area contributed by atoms with Crippen LogP contribution in [-0.2, 0) is 17.9 Å². The fourth-order valence-electron chi connectivity index (χ4n) is 3.31. The maximum Gasteiger partial charge on any atom is 0.255 e. The van der Waals surface area contributed by atoms with Crippen molar-refractivity contribution < 1.29 is 9.59 Å². The quantitative estimate of drug-likeness (QED) is 0.911.